The first kappa shape index (κ1) is 28.8. The van der Waals surface area contributed by atoms with E-state index in [-0.39, 0.29) is 29.7 Å². The van der Waals surface area contributed by atoms with E-state index in [0.717, 1.165) is 56.8 Å². The second kappa shape index (κ2) is 11.1. The Balaban J connectivity index is 1.32. The van der Waals surface area contributed by atoms with E-state index >= 15 is 0 Å². The third kappa shape index (κ3) is 5.95. The first-order chi connectivity index (χ1) is 20.0. The molecule has 42 heavy (non-hydrogen) atoms. The molecule has 3 amide bonds. The van der Waals surface area contributed by atoms with Crippen molar-refractivity contribution in [3.8, 4) is 0 Å². The Labute approximate surface area is 252 Å². The van der Waals surface area contributed by atoms with Crippen LogP contribution in [0.1, 0.15) is 62.0 Å². The lowest BCUT2D eigenvalue weighted by Crippen LogP contribution is -2.53. The van der Waals surface area contributed by atoms with Crippen molar-refractivity contribution < 1.29 is 23.9 Å². The standard InChI is InChI=1S/C32H39ClN4O5/c1-31(2,3)42-30(40)35-14-15-37(27(17-35)23-6-4-5-7-25(23)33)29(39)24-11-10-22(34-28(38)21-8-9-21)16-26(24)36-13-12-32(18-36)19-41-20-32/h4-7,10-11,16,21,27H,8-9,12-15,17-20H2,1-3H3,(H,34,38). The fourth-order valence-electron chi connectivity index (χ4n) is 6.09. The summed E-state index contributed by atoms with van der Waals surface area (Å²) < 4.78 is 11.2. The van der Waals surface area contributed by atoms with Crippen LogP contribution in [0.4, 0.5) is 16.2 Å². The van der Waals surface area contributed by atoms with Gasteiger partial charge in [0.05, 0.1) is 30.5 Å². The van der Waals surface area contributed by atoms with Crippen LogP contribution in [0, 0.1) is 11.3 Å². The van der Waals surface area contributed by atoms with E-state index in [9.17, 15) is 14.4 Å². The lowest BCUT2D eigenvalue weighted by atomic mass is 9.85. The van der Waals surface area contributed by atoms with Crippen LogP contribution in [0.15, 0.2) is 42.5 Å². The molecule has 3 saturated heterocycles. The van der Waals surface area contributed by atoms with E-state index in [1.165, 1.54) is 0 Å². The summed E-state index contributed by atoms with van der Waals surface area (Å²) in [6, 6.07) is 12.6. The Morgan fingerprint density at radius 1 is 1.05 bits per heavy atom. The van der Waals surface area contributed by atoms with Gasteiger partial charge in [-0.25, -0.2) is 4.79 Å². The summed E-state index contributed by atoms with van der Waals surface area (Å²) in [6.07, 6.45) is 2.43. The first-order valence-corrected chi connectivity index (χ1v) is 15.2. The van der Waals surface area contributed by atoms with Crippen molar-refractivity contribution in [3.05, 3.63) is 58.6 Å². The van der Waals surface area contributed by atoms with Gasteiger partial charge in [-0.1, -0.05) is 29.8 Å². The zero-order valence-electron chi connectivity index (χ0n) is 24.5. The quantitative estimate of drug-likeness (QED) is 0.502. The predicted octanol–water partition coefficient (Wildman–Crippen LogP) is 5.35. The molecule has 1 atom stereocenters. The molecule has 1 unspecified atom stereocenters. The van der Waals surface area contributed by atoms with E-state index in [1.54, 1.807) is 11.0 Å². The van der Waals surface area contributed by atoms with Crippen molar-refractivity contribution >= 4 is 40.9 Å². The molecule has 1 aliphatic carbocycles. The van der Waals surface area contributed by atoms with Crippen molar-refractivity contribution in [1.29, 1.82) is 0 Å². The molecule has 4 aliphatic rings. The molecule has 3 heterocycles. The molecule has 3 aliphatic heterocycles. The average Bonchev–Trinajstić information content (AvgIpc) is 3.69. The Hall–Kier alpha value is -3.30. The monoisotopic (exact) mass is 594 g/mol. The van der Waals surface area contributed by atoms with Gasteiger partial charge in [0.1, 0.15) is 5.60 Å². The fraction of sp³-hybridized carbons (Fsp3) is 0.531. The highest BCUT2D eigenvalue weighted by molar-refractivity contribution is 6.31. The summed E-state index contributed by atoms with van der Waals surface area (Å²) >= 11 is 6.66. The topological polar surface area (TPSA) is 91.4 Å². The zero-order valence-corrected chi connectivity index (χ0v) is 25.3. The van der Waals surface area contributed by atoms with Gasteiger partial charge in [-0.3, -0.25) is 9.59 Å². The summed E-state index contributed by atoms with van der Waals surface area (Å²) in [5.74, 6) is -0.0263. The Morgan fingerprint density at radius 3 is 2.45 bits per heavy atom. The number of nitrogens with one attached hydrogen (secondary N) is 1. The number of hydrogen-bond donors (Lipinski definition) is 1. The lowest BCUT2D eigenvalue weighted by Gasteiger charge is -2.42. The van der Waals surface area contributed by atoms with Gasteiger partial charge in [0.25, 0.3) is 5.91 Å². The van der Waals surface area contributed by atoms with Gasteiger partial charge in [0.2, 0.25) is 5.91 Å². The number of ether oxygens (including phenoxy) is 2. The van der Waals surface area contributed by atoms with Crippen molar-refractivity contribution in [3.63, 3.8) is 0 Å². The van der Waals surface area contributed by atoms with Crippen LogP contribution in [-0.4, -0.2) is 79.2 Å². The highest BCUT2D eigenvalue weighted by atomic mass is 35.5. The van der Waals surface area contributed by atoms with Crippen molar-refractivity contribution in [1.82, 2.24) is 9.80 Å². The molecular weight excluding hydrogens is 556 g/mol. The van der Waals surface area contributed by atoms with Gasteiger partial charge in [0.15, 0.2) is 0 Å². The van der Waals surface area contributed by atoms with E-state index in [0.29, 0.717) is 29.4 Å². The van der Waals surface area contributed by atoms with Gasteiger partial charge < -0.3 is 29.5 Å². The van der Waals surface area contributed by atoms with Crippen molar-refractivity contribution in [2.75, 3.05) is 56.2 Å². The van der Waals surface area contributed by atoms with Gasteiger partial charge >= 0.3 is 6.09 Å². The van der Waals surface area contributed by atoms with Crippen LogP contribution >= 0.6 is 11.6 Å². The van der Waals surface area contributed by atoms with Crippen molar-refractivity contribution in [2.45, 2.75) is 51.7 Å². The second-order valence-electron chi connectivity index (χ2n) is 13.1. The molecule has 10 heteroatoms. The SMILES string of the molecule is CC(C)(C)OC(=O)N1CCN(C(=O)c2ccc(NC(=O)C3CC3)cc2N2CCC3(COC3)C2)C(c2ccccc2Cl)C1. The highest BCUT2D eigenvalue weighted by Gasteiger charge is 2.45. The van der Waals surface area contributed by atoms with Crippen LogP contribution in [0.5, 0.6) is 0 Å². The van der Waals surface area contributed by atoms with Crippen LogP contribution in [0.3, 0.4) is 0 Å². The van der Waals surface area contributed by atoms with E-state index < -0.39 is 17.7 Å². The Morgan fingerprint density at radius 2 is 1.81 bits per heavy atom. The minimum atomic E-state index is -0.631. The number of rotatable bonds is 5. The molecule has 6 rings (SSSR count). The van der Waals surface area contributed by atoms with Gasteiger partial charge in [-0.05, 0) is 69.9 Å². The number of nitrogens with zero attached hydrogens (tertiary/aromatic N) is 3. The first-order valence-electron chi connectivity index (χ1n) is 14.8. The Bertz CT molecular complexity index is 1380. The van der Waals surface area contributed by atoms with E-state index in [4.69, 9.17) is 21.1 Å². The molecule has 0 radical (unpaired) electrons. The number of hydrogen-bond acceptors (Lipinski definition) is 6. The predicted molar refractivity (Wildman–Crippen MR) is 161 cm³/mol. The normalized spacial score (nSPS) is 21.7. The number of benzene rings is 2. The van der Waals surface area contributed by atoms with Crippen LogP contribution in [0.2, 0.25) is 5.02 Å². The zero-order chi connectivity index (χ0) is 29.6. The molecule has 2 aromatic carbocycles. The number of piperazine rings is 1. The molecular formula is C32H39ClN4O5. The number of amides is 3. The van der Waals surface area contributed by atoms with Crippen LogP contribution in [0.25, 0.3) is 0 Å². The highest BCUT2D eigenvalue weighted by Crippen LogP contribution is 2.42. The van der Waals surface area contributed by atoms with Gasteiger partial charge in [-0.2, -0.15) is 0 Å². The molecule has 0 bridgehead atoms. The summed E-state index contributed by atoms with van der Waals surface area (Å²) in [7, 11) is 0. The third-order valence-corrected chi connectivity index (χ3v) is 8.94. The average molecular weight is 595 g/mol. The Kier molecular flexibility index (Phi) is 7.60. The second-order valence-corrected chi connectivity index (χ2v) is 13.5. The van der Waals surface area contributed by atoms with Crippen LogP contribution in [-0.2, 0) is 14.3 Å². The van der Waals surface area contributed by atoms with Gasteiger partial charge in [0, 0.05) is 54.8 Å². The van der Waals surface area contributed by atoms with Crippen molar-refractivity contribution in [2.24, 2.45) is 11.3 Å². The maximum atomic E-state index is 14.5. The smallest absolute Gasteiger partial charge is 0.410 e. The molecule has 1 spiro atoms. The molecule has 9 nitrogen and oxygen atoms in total. The fourth-order valence-corrected chi connectivity index (χ4v) is 6.36. The number of halogens is 1. The number of carbonyl (C=O) groups excluding carboxylic acids is 3. The number of anilines is 2. The molecule has 4 fully saturated rings. The minimum absolute atomic E-state index is 0.0300. The molecule has 1 saturated carbocycles. The number of carbonyl (C=O) groups is 3. The summed E-state index contributed by atoms with van der Waals surface area (Å²) in [6.45, 7) is 9.52. The molecule has 224 valence electrons. The molecule has 0 aromatic heterocycles. The summed E-state index contributed by atoms with van der Waals surface area (Å²) in [5, 5.41) is 3.59. The maximum Gasteiger partial charge on any atom is 0.410 e. The lowest BCUT2D eigenvalue weighted by molar-refractivity contribution is -0.117. The summed E-state index contributed by atoms with van der Waals surface area (Å²) in [4.78, 5) is 45.8. The van der Waals surface area contributed by atoms with E-state index in [1.807, 2.05) is 62.1 Å². The van der Waals surface area contributed by atoms with Gasteiger partial charge in [-0.15, -0.1) is 0 Å². The third-order valence-electron chi connectivity index (χ3n) is 8.60. The van der Waals surface area contributed by atoms with E-state index in [2.05, 4.69) is 10.2 Å². The largest absolute Gasteiger partial charge is 0.444 e. The maximum absolute atomic E-state index is 14.5. The molecule has 2 aromatic rings. The molecule has 1 N–H and O–H groups in total. The summed E-state index contributed by atoms with van der Waals surface area (Å²) in [5.41, 5.74) is 2.34. The van der Waals surface area contributed by atoms with Crippen LogP contribution < -0.4 is 10.2 Å². The minimum Gasteiger partial charge on any atom is -0.444 e.